The van der Waals surface area contributed by atoms with E-state index in [0.29, 0.717) is 5.57 Å². The van der Waals surface area contributed by atoms with Crippen molar-refractivity contribution >= 4 is 14.3 Å². The quantitative estimate of drug-likeness (QED) is 0.136. The molecule has 0 fully saturated rings. The van der Waals surface area contributed by atoms with Crippen molar-refractivity contribution in [1.29, 1.82) is 0 Å². The van der Waals surface area contributed by atoms with Gasteiger partial charge in [-0.25, -0.2) is 4.79 Å². The van der Waals surface area contributed by atoms with Gasteiger partial charge in [0.05, 0.1) is 0 Å². The Morgan fingerprint density at radius 1 is 0.692 bits per heavy atom. The molecule has 0 unspecified atom stereocenters. The second-order valence-electron chi connectivity index (χ2n) is 8.14. The maximum Gasteiger partial charge on any atom is 0.319 e. The van der Waals surface area contributed by atoms with Gasteiger partial charge in [-0.1, -0.05) is 111 Å². The molecule has 0 aromatic carbocycles. The third-order valence-corrected chi connectivity index (χ3v) is 9.89. The van der Waals surface area contributed by atoms with Crippen molar-refractivity contribution in [3.05, 3.63) is 12.2 Å². The number of hydrogen-bond acceptors (Lipinski definition) is 2. The van der Waals surface area contributed by atoms with E-state index in [-0.39, 0.29) is 5.97 Å². The number of rotatable bonds is 18. The highest BCUT2D eigenvalue weighted by Gasteiger charge is 2.36. The molecule has 0 bridgehead atoms. The fraction of sp³-hybridized carbons (Fsp3) is 0.870. The molecule has 0 N–H and O–H groups in total. The van der Waals surface area contributed by atoms with Gasteiger partial charge in [-0.05, 0) is 25.1 Å². The monoisotopic (exact) mass is 382 g/mol. The standard InChI is InChI=1S/C23H46O2Si/c1-6-9-11-13-15-17-20-26(19-8-3,25-23(24)22(4)5)21-18-16-14-12-10-7-2/h4,6-21H2,1-3,5H3. The molecule has 0 aliphatic heterocycles. The van der Waals surface area contributed by atoms with Crippen LogP contribution in [0, 0.1) is 0 Å². The summed E-state index contributed by atoms with van der Waals surface area (Å²) in [5, 5.41) is 0. The zero-order chi connectivity index (χ0) is 19.7. The summed E-state index contributed by atoms with van der Waals surface area (Å²) in [5.74, 6) is -0.137. The summed E-state index contributed by atoms with van der Waals surface area (Å²) in [4.78, 5) is 12.3. The van der Waals surface area contributed by atoms with Gasteiger partial charge in [0.15, 0.2) is 0 Å². The molecule has 0 amide bonds. The van der Waals surface area contributed by atoms with E-state index < -0.39 is 8.32 Å². The molecule has 0 atom stereocenters. The lowest BCUT2D eigenvalue weighted by Crippen LogP contribution is -2.40. The topological polar surface area (TPSA) is 26.3 Å². The van der Waals surface area contributed by atoms with E-state index in [1.807, 2.05) is 0 Å². The number of carbonyl (C=O) groups excluding carboxylic acids is 1. The van der Waals surface area contributed by atoms with E-state index in [4.69, 9.17) is 4.43 Å². The molecule has 0 aromatic heterocycles. The minimum absolute atomic E-state index is 0.137. The van der Waals surface area contributed by atoms with E-state index in [2.05, 4.69) is 27.4 Å². The van der Waals surface area contributed by atoms with Gasteiger partial charge >= 0.3 is 5.97 Å². The third kappa shape index (κ3) is 12.7. The molecular weight excluding hydrogens is 336 g/mol. The highest BCUT2D eigenvalue weighted by Crippen LogP contribution is 2.30. The average molecular weight is 383 g/mol. The van der Waals surface area contributed by atoms with Gasteiger partial charge in [-0.3, -0.25) is 0 Å². The molecule has 154 valence electrons. The van der Waals surface area contributed by atoms with Crippen LogP contribution in [-0.4, -0.2) is 14.3 Å². The van der Waals surface area contributed by atoms with Crippen molar-refractivity contribution in [3.63, 3.8) is 0 Å². The van der Waals surface area contributed by atoms with E-state index in [1.54, 1.807) is 6.92 Å². The van der Waals surface area contributed by atoms with Gasteiger partial charge in [0.25, 0.3) is 8.32 Å². The van der Waals surface area contributed by atoms with E-state index in [9.17, 15) is 4.79 Å². The number of unbranched alkanes of at least 4 members (excludes halogenated alkanes) is 10. The van der Waals surface area contributed by atoms with Crippen LogP contribution in [-0.2, 0) is 9.22 Å². The molecule has 3 heteroatoms. The molecule has 0 saturated carbocycles. The first kappa shape index (κ1) is 25.4. The summed E-state index contributed by atoms with van der Waals surface area (Å²) in [7, 11) is -1.97. The van der Waals surface area contributed by atoms with Crippen molar-refractivity contribution in [3.8, 4) is 0 Å². The van der Waals surface area contributed by atoms with Crippen LogP contribution in [0.3, 0.4) is 0 Å². The Balaban J connectivity index is 4.61. The van der Waals surface area contributed by atoms with Crippen LogP contribution in [0.2, 0.25) is 18.1 Å². The zero-order valence-electron chi connectivity index (χ0n) is 18.3. The Bertz CT molecular complexity index is 349. The molecule has 2 nitrogen and oxygen atoms in total. The summed E-state index contributed by atoms with van der Waals surface area (Å²) in [6.07, 6.45) is 16.8. The summed E-state index contributed by atoms with van der Waals surface area (Å²) in [6.45, 7) is 12.3. The fourth-order valence-electron chi connectivity index (χ4n) is 3.72. The predicted molar refractivity (Wildman–Crippen MR) is 118 cm³/mol. The van der Waals surface area contributed by atoms with E-state index in [1.165, 1.54) is 77.0 Å². The van der Waals surface area contributed by atoms with Crippen molar-refractivity contribution in [1.82, 2.24) is 0 Å². The first-order valence-corrected chi connectivity index (χ1v) is 13.9. The highest BCUT2D eigenvalue weighted by atomic mass is 28.4. The molecule has 0 aliphatic carbocycles. The van der Waals surface area contributed by atoms with Gasteiger partial charge in [0.2, 0.25) is 0 Å². The Kier molecular flexibility index (Phi) is 16.2. The maximum absolute atomic E-state index is 12.3. The highest BCUT2D eigenvalue weighted by molar-refractivity contribution is 6.75. The van der Waals surface area contributed by atoms with E-state index >= 15 is 0 Å². The lowest BCUT2D eigenvalue weighted by Gasteiger charge is -2.31. The smallest absolute Gasteiger partial charge is 0.319 e. The van der Waals surface area contributed by atoms with Crippen molar-refractivity contribution < 1.29 is 9.22 Å². The Morgan fingerprint density at radius 2 is 1.12 bits per heavy atom. The second kappa shape index (κ2) is 16.6. The van der Waals surface area contributed by atoms with Crippen LogP contribution in [0.4, 0.5) is 0 Å². The fourth-order valence-corrected chi connectivity index (χ4v) is 8.05. The van der Waals surface area contributed by atoms with Crippen LogP contribution >= 0.6 is 0 Å². The summed E-state index contributed by atoms with van der Waals surface area (Å²) in [6, 6.07) is 3.43. The zero-order valence-corrected chi connectivity index (χ0v) is 19.3. The van der Waals surface area contributed by atoms with Crippen molar-refractivity contribution in [2.45, 2.75) is 129 Å². The molecule has 0 radical (unpaired) electrons. The lowest BCUT2D eigenvalue weighted by atomic mass is 10.1. The van der Waals surface area contributed by atoms with Gasteiger partial charge in [-0.15, -0.1) is 0 Å². The molecule has 0 heterocycles. The molecule has 26 heavy (non-hydrogen) atoms. The Hall–Kier alpha value is -0.573. The first-order chi connectivity index (χ1) is 12.5. The summed E-state index contributed by atoms with van der Waals surface area (Å²) >= 11 is 0. The molecule has 0 spiro atoms. The van der Waals surface area contributed by atoms with Gasteiger partial charge in [0.1, 0.15) is 0 Å². The molecule has 0 saturated heterocycles. The summed E-state index contributed by atoms with van der Waals surface area (Å²) in [5.41, 5.74) is 0.559. The van der Waals surface area contributed by atoms with Gasteiger partial charge < -0.3 is 4.43 Å². The number of carbonyl (C=O) groups is 1. The third-order valence-electron chi connectivity index (χ3n) is 5.34. The van der Waals surface area contributed by atoms with Crippen LogP contribution in [0.1, 0.15) is 111 Å². The SMILES string of the molecule is C=C(C)C(=O)O[Si](CCC)(CCCCCCCC)CCCCCCCC. The lowest BCUT2D eigenvalue weighted by molar-refractivity contribution is -0.131. The maximum atomic E-state index is 12.3. The minimum Gasteiger partial charge on any atom is -0.516 e. The average Bonchev–Trinajstić information content (AvgIpc) is 2.61. The normalized spacial score (nSPS) is 11.5. The van der Waals surface area contributed by atoms with Crippen molar-refractivity contribution in [2.75, 3.05) is 0 Å². The molecular formula is C23H46O2Si. The largest absolute Gasteiger partial charge is 0.516 e. The minimum atomic E-state index is -1.97. The molecule has 0 rings (SSSR count). The molecule has 0 aromatic rings. The first-order valence-electron chi connectivity index (χ1n) is 11.4. The Labute approximate surface area is 165 Å². The predicted octanol–water partition coefficient (Wildman–Crippen LogP) is 8.18. The van der Waals surface area contributed by atoms with Gasteiger partial charge in [-0.2, -0.15) is 0 Å². The van der Waals surface area contributed by atoms with Crippen LogP contribution in [0.15, 0.2) is 12.2 Å². The number of hydrogen-bond donors (Lipinski definition) is 0. The Morgan fingerprint density at radius 3 is 1.50 bits per heavy atom. The summed E-state index contributed by atoms with van der Waals surface area (Å²) < 4.78 is 6.20. The molecule has 0 aliphatic rings. The van der Waals surface area contributed by atoms with Crippen LogP contribution in [0.25, 0.3) is 0 Å². The van der Waals surface area contributed by atoms with E-state index in [0.717, 1.165) is 24.6 Å². The van der Waals surface area contributed by atoms with Crippen LogP contribution < -0.4 is 0 Å². The van der Waals surface area contributed by atoms with Gasteiger partial charge in [0, 0.05) is 5.57 Å². The van der Waals surface area contributed by atoms with Crippen LogP contribution in [0.5, 0.6) is 0 Å². The van der Waals surface area contributed by atoms with Crippen molar-refractivity contribution in [2.24, 2.45) is 0 Å². The second-order valence-corrected chi connectivity index (χ2v) is 12.2.